The molecule has 4 heteroatoms. The summed E-state index contributed by atoms with van der Waals surface area (Å²) in [7, 11) is 0. The first-order valence-corrected chi connectivity index (χ1v) is 9.36. The van der Waals surface area contributed by atoms with Gasteiger partial charge in [-0.25, -0.2) is 4.39 Å². The molecule has 0 amide bonds. The van der Waals surface area contributed by atoms with Crippen LogP contribution < -0.4 is 0 Å². The van der Waals surface area contributed by atoms with Gasteiger partial charge >= 0.3 is 0 Å². The Hall–Kier alpha value is -2.20. The van der Waals surface area contributed by atoms with E-state index in [4.69, 9.17) is 0 Å². The van der Waals surface area contributed by atoms with Gasteiger partial charge in [0.05, 0.1) is 6.54 Å². The summed E-state index contributed by atoms with van der Waals surface area (Å²) in [6.45, 7) is 2.26. The molecule has 1 aliphatic carbocycles. The fourth-order valence-corrected chi connectivity index (χ4v) is 4.74. The number of aromatic hydroxyl groups is 1. The van der Waals surface area contributed by atoms with E-state index in [1.807, 2.05) is 0 Å². The molecule has 2 aromatic rings. The minimum Gasteiger partial charge on any atom is -0.505 e. The molecule has 2 fully saturated rings. The zero-order valence-corrected chi connectivity index (χ0v) is 14.8. The summed E-state index contributed by atoms with van der Waals surface area (Å²) in [5.74, 6) is 0.863. The molecule has 1 saturated heterocycles. The largest absolute Gasteiger partial charge is 0.505 e. The summed E-state index contributed by atoms with van der Waals surface area (Å²) in [4.78, 5) is 14.6. The number of phenols is 1. The molecule has 0 bridgehead atoms. The summed E-state index contributed by atoms with van der Waals surface area (Å²) in [6, 6.07) is 14.5. The van der Waals surface area contributed by atoms with Gasteiger partial charge in [-0.15, -0.1) is 0 Å². The Morgan fingerprint density at radius 3 is 2.42 bits per heavy atom. The summed E-state index contributed by atoms with van der Waals surface area (Å²) in [6.07, 6.45) is 3.62. The lowest BCUT2D eigenvalue weighted by molar-refractivity contribution is 0.0939. The van der Waals surface area contributed by atoms with Gasteiger partial charge in [-0.05, 0) is 60.8 Å². The van der Waals surface area contributed by atoms with Crippen LogP contribution in [0.5, 0.6) is 5.75 Å². The third-order valence-corrected chi connectivity index (χ3v) is 5.93. The summed E-state index contributed by atoms with van der Waals surface area (Å²) in [5, 5.41) is 9.25. The number of Topliss-reactive ketones (excluding diaryl/α,β-unsaturated/α-hetero) is 1. The Morgan fingerprint density at radius 1 is 1.08 bits per heavy atom. The molecule has 0 spiro atoms. The molecule has 2 atom stereocenters. The number of carbonyl (C=O) groups excluding carboxylic acids is 1. The second-order valence-electron chi connectivity index (χ2n) is 7.83. The number of benzene rings is 2. The molecule has 1 heterocycles. The SMILES string of the molecule is O=C(CN1CC2CC(Cc3ccccc3)CC2C1)c1ccc(O)c(F)c1. The summed E-state index contributed by atoms with van der Waals surface area (Å²) < 4.78 is 13.4. The third-order valence-electron chi connectivity index (χ3n) is 5.93. The Labute approximate surface area is 153 Å². The first kappa shape index (κ1) is 17.2. The fraction of sp³-hybridized carbons (Fsp3) is 0.409. The van der Waals surface area contributed by atoms with Crippen molar-refractivity contribution in [3.63, 3.8) is 0 Å². The van der Waals surface area contributed by atoms with Crippen molar-refractivity contribution >= 4 is 5.78 Å². The van der Waals surface area contributed by atoms with Crippen molar-refractivity contribution in [3.8, 4) is 5.75 Å². The van der Waals surface area contributed by atoms with Crippen molar-refractivity contribution in [2.45, 2.75) is 19.3 Å². The predicted octanol–water partition coefficient (Wildman–Crippen LogP) is 3.91. The van der Waals surface area contributed by atoms with Crippen LogP contribution >= 0.6 is 0 Å². The van der Waals surface area contributed by atoms with Crippen molar-refractivity contribution in [1.82, 2.24) is 4.90 Å². The van der Waals surface area contributed by atoms with Gasteiger partial charge in [0.25, 0.3) is 0 Å². The summed E-state index contributed by atoms with van der Waals surface area (Å²) >= 11 is 0. The number of likely N-dealkylation sites (tertiary alicyclic amines) is 1. The molecule has 3 nitrogen and oxygen atoms in total. The van der Waals surface area contributed by atoms with E-state index in [1.54, 1.807) is 0 Å². The van der Waals surface area contributed by atoms with Crippen LogP contribution in [0.3, 0.4) is 0 Å². The number of fused-ring (bicyclic) bond motifs is 1. The molecule has 2 unspecified atom stereocenters. The molecular formula is C22H24FNO2. The fourth-order valence-electron chi connectivity index (χ4n) is 4.74. The number of hydrogen-bond donors (Lipinski definition) is 1. The first-order valence-electron chi connectivity index (χ1n) is 9.36. The Morgan fingerprint density at radius 2 is 1.77 bits per heavy atom. The number of rotatable bonds is 5. The van der Waals surface area contributed by atoms with Crippen LogP contribution in [0.1, 0.15) is 28.8 Å². The number of halogens is 1. The molecule has 1 N–H and O–H groups in total. The average molecular weight is 353 g/mol. The normalized spacial score (nSPS) is 25.3. The summed E-state index contributed by atoms with van der Waals surface area (Å²) in [5.41, 5.74) is 1.75. The Bertz CT molecular complexity index is 778. The maximum Gasteiger partial charge on any atom is 0.176 e. The highest BCUT2D eigenvalue weighted by Gasteiger charge is 2.40. The highest BCUT2D eigenvalue weighted by Crippen LogP contribution is 2.42. The average Bonchev–Trinajstić information content (AvgIpc) is 3.16. The lowest BCUT2D eigenvalue weighted by atomic mass is 9.96. The van der Waals surface area contributed by atoms with Crippen molar-refractivity contribution in [2.75, 3.05) is 19.6 Å². The zero-order chi connectivity index (χ0) is 18.1. The van der Waals surface area contributed by atoms with Gasteiger partial charge in [0.2, 0.25) is 0 Å². The number of carbonyl (C=O) groups is 1. The smallest absolute Gasteiger partial charge is 0.176 e. The molecule has 0 aromatic heterocycles. The molecular weight excluding hydrogens is 329 g/mol. The predicted molar refractivity (Wildman–Crippen MR) is 98.7 cm³/mol. The van der Waals surface area contributed by atoms with Gasteiger partial charge < -0.3 is 5.11 Å². The quantitative estimate of drug-likeness (QED) is 0.829. The van der Waals surface area contributed by atoms with Crippen LogP contribution in [0, 0.1) is 23.6 Å². The van der Waals surface area contributed by atoms with E-state index in [1.165, 1.54) is 30.5 Å². The number of phenolic OH excluding ortho intramolecular Hbond substituents is 1. The molecule has 4 rings (SSSR count). The highest BCUT2D eigenvalue weighted by atomic mass is 19.1. The molecule has 2 aliphatic rings. The van der Waals surface area contributed by atoms with Crippen molar-refractivity contribution in [2.24, 2.45) is 17.8 Å². The lowest BCUT2D eigenvalue weighted by Gasteiger charge is -2.18. The zero-order valence-electron chi connectivity index (χ0n) is 14.8. The lowest BCUT2D eigenvalue weighted by Crippen LogP contribution is -2.29. The van der Waals surface area contributed by atoms with Gasteiger partial charge in [0, 0.05) is 18.7 Å². The maximum atomic E-state index is 13.4. The van der Waals surface area contributed by atoms with E-state index in [-0.39, 0.29) is 5.78 Å². The van der Waals surface area contributed by atoms with E-state index in [0.29, 0.717) is 23.9 Å². The molecule has 1 saturated carbocycles. The molecule has 2 aromatic carbocycles. The van der Waals surface area contributed by atoms with Crippen molar-refractivity contribution in [3.05, 3.63) is 65.5 Å². The van der Waals surface area contributed by atoms with Crippen LogP contribution in [0.2, 0.25) is 0 Å². The Kier molecular flexibility index (Phi) is 4.77. The van der Waals surface area contributed by atoms with E-state index in [2.05, 4.69) is 35.2 Å². The van der Waals surface area contributed by atoms with Gasteiger partial charge in [-0.1, -0.05) is 30.3 Å². The minimum absolute atomic E-state index is 0.0790. The molecule has 136 valence electrons. The molecule has 1 aliphatic heterocycles. The topological polar surface area (TPSA) is 40.5 Å². The molecule has 0 radical (unpaired) electrons. The number of ketones is 1. The standard InChI is InChI=1S/C22H24FNO2/c23-20-11-17(6-7-21(20)25)22(26)14-24-12-18-9-16(10-19(18)13-24)8-15-4-2-1-3-5-15/h1-7,11,16,18-19,25H,8-10,12-14H2. The second kappa shape index (κ2) is 7.20. The van der Waals surface area contributed by atoms with Crippen LogP contribution in [0.4, 0.5) is 4.39 Å². The van der Waals surface area contributed by atoms with Crippen molar-refractivity contribution < 1.29 is 14.3 Å². The van der Waals surface area contributed by atoms with Gasteiger partial charge in [0.1, 0.15) is 0 Å². The minimum atomic E-state index is -0.738. The van der Waals surface area contributed by atoms with E-state index < -0.39 is 11.6 Å². The van der Waals surface area contributed by atoms with E-state index in [0.717, 1.165) is 31.5 Å². The van der Waals surface area contributed by atoms with Crippen LogP contribution in [-0.2, 0) is 6.42 Å². The number of nitrogens with zero attached hydrogens (tertiary/aromatic N) is 1. The maximum absolute atomic E-state index is 13.4. The van der Waals surface area contributed by atoms with Gasteiger partial charge in [0.15, 0.2) is 17.3 Å². The number of hydrogen-bond acceptors (Lipinski definition) is 3. The monoisotopic (exact) mass is 353 g/mol. The van der Waals surface area contributed by atoms with Crippen LogP contribution in [0.15, 0.2) is 48.5 Å². The van der Waals surface area contributed by atoms with Gasteiger partial charge in [-0.3, -0.25) is 9.69 Å². The van der Waals surface area contributed by atoms with Gasteiger partial charge in [-0.2, -0.15) is 0 Å². The second-order valence-corrected chi connectivity index (χ2v) is 7.83. The Balaban J connectivity index is 1.30. The highest BCUT2D eigenvalue weighted by molar-refractivity contribution is 5.97. The van der Waals surface area contributed by atoms with E-state index >= 15 is 0 Å². The molecule has 26 heavy (non-hydrogen) atoms. The van der Waals surface area contributed by atoms with Crippen LogP contribution in [-0.4, -0.2) is 35.4 Å². The first-order chi connectivity index (χ1) is 12.6. The van der Waals surface area contributed by atoms with E-state index in [9.17, 15) is 14.3 Å². The third kappa shape index (κ3) is 3.65. The van der Waals surface area contributed by atoms with Crippen LogP contribution in [0.25, 0.3) is 0 Å². The van der Waals surface area contributed by atoms with Crippen molar-refractivity contribution in [1.29, 1.82) is 0 Å².